The summed E-state index contributed by atoms with van der Waals surface area (Å²) in [7, 11) is 0. The number of nitrogens with one attached hydrogen (secondary N) is 1. The van der Waals surface area contributed by atoms with Gasteiger partial charge in [-0.1, -0.05) is 12.1 Å². The van der Waals surface area contributed by atoms with Crippen molar-refractivity contribution in [1.82, 2.24) is 4.98 Å². The first-order valence-electron chi connectivity index (χ1n) is 5.83. The van der Waals surface area contributed by atoms with Gasteiger partial charge in [-0.25, -0.2) is 9.37 Å². The lowest BCUT2D eigenvalue weighted by Crippen LogP contribution is -2.05. The minimum Gasteiger partial charge on any atom is -0.366 e. The maximum absolute atomic E-state index is 13.7. The quantitative estimate of drug-likeness (QED) is 0.870. The van der Waals surface area contributed by atoms with Gasteiger partial charge in [0, 0.05) is 24.8 Å². The second-order valence-corrected chi connectivity index (χ2v) is 4.20. The van der Waals surface area contributed by atoms with E-state index in [1.165, 1.54) is 6.07 Å². The van der Waals surface area contributed by atoms with E-state index in [-0.39, 0.29) is 5.82 Å². The van der Waals surface area contributed by atoms with Gasteiger partial charge in [-0.05, 0) is 36.2 Å². The van der Waals surface area contributed by atoms with Gasteiger partial charge >= 0.3 is 0 Å². The molecule has 94 valence electrons. The van der Waals surface area contributed by atoms with E-state index in [4.69, 9.17) is 5.73 Å². The predicted octanol–water partition coefficient (Wildman–Crippen LogP) is 2.60. The number of hydrogen-bond acceptors (Lipinski definition) is 3. The molecule has 2 aromatic rings. The first-order valence-corrected chi connectivity index (χ1v) is 5.83. The maximum Gasteiger partial charge on any atom is 0.128 e. The third-order valence-electron chi connectivity index (χ3n) is 2.73. The molecule has 0 unspecified atom stereocenters. The molecular weight excluding hydrogens is 229 g/mol. The molecule has 1 heterocycles. The van der Waals surface area contributed by atoms with Crippen molar-refractivity contribution in [3.63, 3.8) is 0 Å². The lowest BCUT2D eigenvalue weighted by atomic mass is 10.1. The van der Waals surface area contributed by atoms with Gasteiger partial charge in [0.1, 0.15) is 11.6 Å². The van der Waals surface area contributed by atoms with E-state index in [9.17, 15) is 4.39 Å². The number of pyridine rings is 1. The number of aryl methyl sites for hydroxylation is 1. The second kappa shape index (κ2) is 5.60. The highest BCUT2D eigenvalue weighted by Gasteiger charge is 2.03. The number of benzene rings is 1. The molecular formula is C14H16FN3. The van der Waals surface area contributed by atoms with Crippen LogP contribution >= 0.6 is 0 Å². The van der Waals surface area contributed by atoms with Crippen molar-refractivity contribution >= 4 is 5.82 Å². The number of nitrogens with zero attached hydrogens (tertiary/aromatic N) is 1. The van der Waals surface area contributed by atoms with Gasteiger partial charge in [-0.15, -0.1) is 0 Å². The molecule has 1 aromatic heterocycles. The minimum atomic E-state index is -0.238. The normalized spacial score (nSPS) is 10.4. The molecule has 0 fully saturated rings. The third-order valence-corrected chi connectivity index (χ3v) is 2.73. The SMILES string of the molecule is Cc1ccnc(NCc2ccc(CN)cc2F)c1. The highest BCUT2D eigenvalue weighted by molar-refractivity contribution is 5.38. The molecule has 0 bridgehead atoms. The number of aromatic nitrogens is 1. The summed E-state index contributed by atoms with van der Waals surface area (Å²) in [6.45, 7) is 2.75. The number of halogens is 1. The summed E-state index contributed by atoms with van der Waals surface area (Å²) >= 11 is 0. The van der Waals surface area contributed by atoms with Crippen LogP contribution in [-0.2, 0) is 13.1 Å². The zero-order valence-corrected chi connectivity index (χ0v) is 10.3. The molecule has 0 saturated heterocycles. The van der Waals surface area contributed by atoms with Crippen molar-refractivity contribution < 1.29 is 4.39 Å². The highest BCUT2D eigenvalue weighted by atomic mass is 19.1. The van der Waals surface area contributed by atoms with Gasteiger partial charge in [-0.2, -0.15) is 0 Å². The van der Waals surface area contributed by atoms with E-state index in [2.05, 4.69) is 10.3 Å². The standard InChI is InChI=1S/C14H16FN3/c1-10-4-5-17-14(6-10)18-9-12-3-2-11(8-16)7-13(12)15/h2-7H,8-9,16H2,1H3,(H,17,18). The molecule has 0 saturated carbocycles. The van der Waals surface area contributed by atoms with Crippen molar-refractivity contribution in [2.45, 2.75) is 20.0 Å². The zero-order chi connectivity index (χ0) is 13.0. The van der Waals surface area contributed by atoms with Gasteiger partial charge in [0.05, 0.1) is 0 Å². The minimum absolute atomic E-state index is 0.238. The fourth-order valence-corrected chi connectivity index (χ4v) is 1.68. The van der Waals surface area contributed by atoms with E-state index in [0.29, 0.717) is 18.7 Å². The smallest absolute Gasteiger partial charge is 0.128 e. The van der Waals surface area contributed by atoms with Crippen LogP contribution in [0, 0.1) is 12.7 Å². The van der Waals surface area contributed by atoms with E-state index in [1.54, 1.807) is 12.3 Å². The fourth-order valence-electron chi connectivity index (χ4n) is 1.68. The predicted molar refractivity (Wildman–Crippen MR) is 70.6 cm³/mol. The van der Waals surface area contributed by atoms with Crippen LogP contribution in [0.25, 0.3) is 0 Å². The van der Waals surface area contributed by atoms with Crippen LogP contribution in [0.15, 0.2) is 36.5 Å². The first kappa shape index (κ1) is 12.5. The Labute approximate surface area is 106 Å². The van der Waals surface area contributed by atoms with E-state index < -0.39 is 0 Å². The summed E-state index contributed by atoms with van der Waals surface area (Å²) < 4.78 is 13.7. The summed E-state index contributed by atoms with van der Waals surface area (Å²) in [5.74, 6) is 0.510. The largest absolute Gasteiger partial charge is 0.366 e. The Balaban J connectivity index is 2.06. The maximum atomic E-state index is 13.7. The number of rotatable bonds is 4. The van der Waals surface area contributed by atoms with Crippen LogP contribution in [0.4, 0.5) is 10.2 Å². The molecule has 0 aliphatic rings. The van der Waals surface area contributed by atoms with Crippen LogP contribution in [0.1, 0.15) is 16.7 Å². The van der Waals surface area contributed by atoms with Gasteiger partial charge < -0.3 is 11.1 Å². The average molecular weight is 245 g/mol. The summed E-state index contributed by atoms with van der Waals surface area (Å²) in [6.07, 6.45) is 1.73. The van der Waals surface area contributed by atoms with E-state index in [0.717, 1.165) is 16.9 Å². The molecule has 4 heteroatoms. The topological polar surface area (TPSA) is 50.9 Å². The van der Waals surface area contributed by atoms with Gasteiger partial charge in [0.15, 0.2) is 0 Å². The van der Waals surface area contributed by atoms with Gasteiger partial charge in [-0.3, -0.25) is 0 Å². The Morgan fingerprint density at radius 3 is 2.78 bits per heavy atom. The number of anilines is 1. The van der Waals surface area contributed by atoms with Gasteiger partial charge in [0.25, 0.3) is 0 Å². The molecule has 0 atom stereocenters. The average Bonchev–Trinajstić information content (AvgIpc) is 2.37. The van der Waals surface area contributed by atoms with Crippen LogP contribution in [-0.4, -0.2) is 4.98 Å². The van der Waals surface area contributed by atoms with Crippen LogP contribution in [0.3, 0.4) is 0 Å². The molecule has 0 aliphatic carbocycles. The van der Waals surface area contributed by atoms with E-state index >= 15 is 0 Å². The van der Waals surface area contributed by atoms with Gasteiger partial charge in [0.2, 0.25) is 0 Å². The van der Waals surface area contributed by atoms with Crippen molar-refractivity contribution in [3.05, 3.63) is 59.0 Å². The molecule has 18 heavy (non-hydrogen) atoms. The number of hydrogen-bond donors (Lipinski definition) is 2. The number of nitrogens with two attached hydrogens (primary N) is 1. The van der Waals surface area contributed by atoms with Crippen molar-refractivity contribution in [2.75, 3.05) is 5.32 Å². The zero-order valence-electron chi connectivity index (χ0n) is 10.3. The summed E-state index contributed by atoms with van der Waals surface area (Å²) in [5, 5.41) is 3.10. The van der Waals surface area contributed by atoms with Crippen LogP contribution in [0.2, 0.25) is 0 Å². The lowest BCUT2D eigenvalue weighted by Gasteiger charge is -2.08. The molecule has 0 amide bonds. The summed E-state index contributed by atoms with van der Waals surface area (Å²) in [6, 6.07) is 8.90. The van der Waals surface area contributed by atoms with Crippen LogP contribution in [0.5, 0.6) is 0 Å². The molecule has 0 aliphatic heterocycles. The monoisotopic (exact) mass is 245 g/mol. The van der Waals surface area contributed by atoms with Crippen molar-refractivity contribution in [3.8, 4) is 0 Å². The summed E-state index contributed by atoms with van der Waals surface area (Å²) in [4.78, 5) is 4.16. The highest BCUT2D eigenvalue weighted by Crippen LogP contribution is 2.13. The Morgan fingerprint density at radius 1 is 1.28 bits per heavy atom. The van der Waals surface area contributed by atoms with Crippen molar-refractivity contribution in [1.29, 1.82) is 0 Å². The Morgan fingerprint density at radius 2 is 2.11 bits per heavy atom. The molecule has 3 N–H and O–H groups in total. The van der Waals surface area contributed by atoms with Crippen LogP contribution < -0.4 is 11.1 Å². The molecule has 3 nitrogen and oxygen atoms in total. The lowest BCUT2D eigenvalue weighted by molar-refractivity contribution is 0.610. The third kappa shape index (κ3) is 3.05. The molecule has 0 spiro atoms. The Kier molecular flexibility index (Phi) is 3.89. The second-order valence-electron chi connectivity index (χ2n) is 4.20. The molecule has 1 aromatic carbocycles. The van der Waals surface area contributed by atoms with E-state index in [1.807, 2.05) is 25.1 Å². The Hall–Kier alpha value is -1.94. The Bertz CT molecular complexity index is 540. The fraction of sp³-hybridized carbons (Fsp3) is 0.214. The molecule has 2 rings (SSSR count). The summed E-state index contributed by atoms with van der Waals surface area (Å²) in [5.41, 5.74) is 7.98. The van der Waals surface area contributed by atoms with Crippen molar-refractivity contribution in [2.24, 2.45) is 5.73 Å². The first-order chi connectivity index (χ1) is 8.69. The molecule has 0 radical (unpaired) electrons.